The number of allylic oxidation sites excluding steroid dienone is 1. The maximum Gasteiger partial charge on any atom is 0.223 e. The summed E-state index contributed by atoms with van der Waals surface area (Å²) in [6.07, 6.45) is 0. The molecular formula is C22H15BrN2O2. The molecule has 1 amide bonds. The maximum atomic E-state index is 11.7. The van der Waals surface area contributed by atoms with E-state index in [4.69, 9.17) is 4.74 Å². The van der Waals surface area contributed by atoms with Gasteiger partial charge in [-0.1, -0.05) is 64.5 Å². The van der Waals surface area contributed by atoms with Crippen molar-refractivity contribution in [1.82, 2.24) is 5.32 Å². The van der Waals surface area contributed by atoms with E-state index in [2.05, 4.69) is 27.3 Å². The molecule has 4 nitrogen and oxygen atoms in total. The number of hydrogen-bond acceptors (Lipinski definition) is 3. The lowest BCUT2D eigenvalue weighted by Crippen LogP contribution is -2.29. The zero-order chi connectivity index (χ0) is 19.0. The van der Waals surface area contributed by atoms with Crippen LogP contribution in [0.5, 0.6) is 5.75 Å². The summed E-state index contributed by atoms with van der Waals surface area (Å²) in [5.41, 5.74) is 2.24. The van der Waals surface area contributed by atoms with Crippen LogP contribution >= 0.6 is 15.9 Å². The van der Waals surface area contributed by atoms with Gasteiger partial charge in [0.2, 0.25) is 11.8 Å². The zero-order valence-electron chi connectivity index (χ0n) is 14.5. The lowest BCUT2D eigenvalue weighted by molar-refractivity contribution is -0.118. The van der Waals surface area contributed by atoms with E-state index in [9.17, 15) is 10.1 Å². The Bertz CT molecular complexity index is 1130. The Hall–Kier alpha value is -3.10. The van der Waals surface area contributed by atoms with Gasteiger partial charge in [-0.05, 0) is 23.1 Å². The number of nitrogens with one attached hydrogen (secondary N) is 1. The standard InChI is InChI=1S/C22H15BrN2O2/c1-13(26)25-22-19(12-24)20(15-6-9-16(23)10-7-15)18-11-8-14-4-2-3-5-17(14)21(18)27-22/h2-11,20H,1H3,(H,25,26). The second kappa shape index (κ2) is 6.90. The molecule has 132 valence electrons. The van der Waals surface area contributed by atoms with Gasteiger partial charge in [-0.15, -0.1) is 0 Å². The van der Waals surface area contributed by atoms with Gasteiger partial charge in [-0.3, -0.25) is 10.1 Å². The largest absolute Gasteiger partial charge is 0.439 e. The van der Waals surface area contributed by atoms with Crippen molar-refractivity contribution in [2.75, 3.05) is 0 Å². The predicted molar refractivity (Wildman–Crippen MR) is 107 cm³/mol. The van der Waals surface area contributed by atoms with Crippen LogP contribution in [-0.2, 0) is 4.79 Å². The first kappa shape index (κ1) is 17.3. The molecule has 0 saturated heterocycles. The van der Waals surface area contributed by atoms with Crippen LogP contribution in [-0.4, -0.2) is 5.91 Å². The van der Waals surface area contributed by atoms with E-state index in [1.54, 1.807) is 0 Å². The number of rotatable bonds is 2. The molecule has 1 N–H and O–H groups in total. The monoisotopic (exact) mass is 418 g/mol. The van der Waals surface area contributed by atoms with Crippen molar-refractivity contribution >= 4 is 32.6 Å². The SMILES string of the molecule is CC(=O)NC1=C(C#N)C(c2ccc(Br)cc2)c2ccc3ccccc3c2O1. The van der Waals surface area contributed by atoms with Crippen LogP contribution in [0.2, 0.25) is 0 Å². The number of nitriles is 1. The summed E-state index contributed by atoms with van der Waals surface area (Å²) < 4.78 is 7.01. The number of carbonyl (C=O) groups excluding carboxylic acids is 1. The highest BCUT2D eigenvalue weighted by Crippen LogP contribution is 2.45. The number of benzene rings is 3. The van der Waals surface area contributed by atoms with Gasteiger partial charge in [-0.2, -0.15) is 5.26 Å². The zero-order valence-corrected chi connectivity index (χ0v) is 16.1. The van der Waals surface area contributed by atoms with Gasteiger partial charge in [0.15, 0.2) is 0 Å². The van der Waals surface area contributed by atoms with E-state index >= 15 is 0 Å². The van der Waals surface area contributed by atoms with E-state index in [1.165, 1.54) is 6.92 Å². The average Bonchev–Trinajstić information content (AvgIpc) is 2.67. The van der Waals surface area contributed by atoms with Crippen molar-refractivity contribution in [1.29, 1.82) is 5.26 Å². The Labute approximate surface area is 165 Å². The average molecular weight is 419 g/mol. The first-order chi connectivity index (χ1) is 13.1. The third kappa shape index (κ3) is 3.09. The molecule has 3 aromatic carbocycles. The van der Waals surface area contributed by atoms with E-state index in [0.29, 0.717) is 11.3 Å². The van der Waals surface area contributed by atoms with Crippen molar-refractivity contribution in [3.8, 4) is 11.8 Å². The Kier molecular flexibility index (Phi) is 4.43. The predicted octanol–water partition coefficient (Wildman–Crippen LogP) is 5.00. The van der Waals surface area contributed by atoms with E-state index in [-0.39, 0.29) is 17.7 Å². The fourth-order valence-electron chi connectivity index (χ4n) is 3.41. The summed E-state index contributed by atoms with van der Waals surface area (Å²) in [6, 6.07) is 22.0. The quantitative estimate of drug-likeness (QED) is 0.636. The topological polar surface area (TPSA) is 62.1 Å². The van der Waals surface area contributed by atoms with Crippen LogP contribution in [0.1, 0.15) is 24.0 Å². The number of ether oxygens (including phenoxy) is 1. The Morgan fingerprint density at radius 1 is 1.11 bits per heavy atom. The van der Waals surface area contributed by atoms with Crippen LogP contribution in [0, 0.1) is 11.3 Å². The van der Waals surface area contributed by atoms with Crippen LogP contribution in [0.15, 0.2) is 76.6 Å². The van der Waals surface area contributed by atoms with Crippen molar-refractivity contribution < 1.29 is 9.53 Å². The van der Waals surface area contributed by atoms with Crippen molar-refractivity contribution in [2.24, 2.45) is 0 Å². The molecule has 5 heteroatoms. The lowest BCUT2D eigenvalue weighted by Gasteiger charge is -2.29. The second-order valence-electron chi connectivity index (χ2n) is 6.33. The molecule has 0 bridgehead atoms. The normalized spacial score (nSPS) is 15.7. The first-order valence-corrected chi connectivity index (χ1v) is 9.24. The molecule has 0 spiro atoms. The summed E-state index contributed by atoms with van der Waals surface area (Å²) in [5, 5.41) is 14.5. The van der Waals surface area contributed by atoms with Gasteiger partial charge in [0.1, 0.15) is 17.4 Å². The van der Waals surface area contributed by atoms with Gasteiger partial charge >= 0.3 is 0 Å². The van der Waals surface area contributed by atoms with Gasteiger partial charge < -0.3 is 4.74 Å². The summed E-state index contributed by atoms with van der Waals surface area (Å²) in [5.74, 6) is 0.264. The van der Waals surface area contributed by atoms with E-state index < -0.39 is 0 Å². The minimum absolute atomic E-state index is 0.196. The third-order valence-electron chi connectivity index (χ3n) is 4.57. The summed E-state index contributed by atoms with van der Waals surface area (Å²) >= 11 is 3.45. The summed E-state index contributed by atoms with van der Waals surface area (Å²) in [4.78, 5) is 11.7. The smallest absolute Gasteiger partial charge is 0.223 e. The van der Waals surface area contributed by atoms with Gasteiger partial charge in [0.25, 0.3) is 0 Å². The molecule has 0 fully saturated rings. The minimum atomic E-state index is -0.321. The Morgan fingerprint density at radius 3 is 2.56 bits per heavy atom. The van der Waals surface area contributed by atoms with E-state index in [1.807, 2.05) is 60.7 Å². The maximum absolute atomic E-state index is 11.7. The van der Waals surface area contributed by atoms with Crippen molar-refractivity contribution in [3.63, 3.8) is 0 Å². The van der Waals surface area contributed by atoms with Crippen LogP contribution in [0.3, 0.4) is 0 Å². The highest BCUT2D eigenvalue weighted by molar-refractivity contribution is 9.10. The van der Waals surface area contributed by atoms with Crippen LogP contribution in [0.4, 0.5) is 0 Å². The molecule has 1 aliphatic rings. The number of carbonyl (C=O) groups is 1. The number of hydrogen-bond donors (Lipinski definition) is 1. The molecule has 1 heterocycles. The molecule has 1 atom stereocenters. The third-order valence-corrected chi connectivity index (χ3v) is 5.10. The summed E-state index contributed by atoms with van der Waals surface area (Å²) in [7, 11) is 0. The highest BCUT2D eigenvalue weighted by atomic mass is 79.9. The molecular weight excluding hydrogens is 404 g/mol. The van der Waals surface area contributed by atoms with Gasteiger partial charge in [0.05, 0.1) is 5.92 Å². The highest BCUT2D eigenvalue weighted by Gasteiger charge is 2.33. The molecule has 0 radical (unpaired) electrons. The molecule has 3 aromatic rings. The number of fused-ring (bicyclic) bond motifs is 3. The molecule has 0 saturated carbocycles. The summed E-state index contributed by atoms with van der Waals surface area (Å²) in [6.45, 7) is 1.40. The molecule has 1 aliphatic heterocycles. The second-order valence-corrected chi connectivity index (χ2v) is 7.24. The Balaban J connectivity index is 2.00. The van der Waals surface area contributed by atoms with Gasteiger partial charge in [0, 0.05) is 22.3 Å². The molecule has 27 heavy (non-hydrogen) atoms. The van der Waals surface area contributed by atoms with Crippen molar-refractivity contribution in [3.05, 3.63) is 87.7 Å². The number of amides is 1. The molecule has 4 rings (SSSR count). The van der Waals surface area contributed by atoms with Gasteiger partial charge in [-0.25, -0.2) is 0 Å². The minimum Gasteiger partial charge on any atom is -0.439 e. The fourth-order valence-corrected chi connectivity index (χ4v) is 3.68. The molecule has 0 aromatic heterocycles. The molecule has 1 unspecified atom stereocenters. The molecule has 0 aliphatic carbocycles. The first-order valence-electron chi connectivity index (χ1n) is 8.45. The lowest BCUT2D eigenvalue weighted by atomic mass is 9.82. The number of halogens is 1. The Morgan fingerprint density at radius 2 is 1.85 bits per heavy atom. The number of nitrogens with zero attached hydrogens (tertiary/aromatic N) is 1. The fraction of sp³-hybridized carbons (Fsp3) is 0.0909. The van der Waals surface area contributed by atoms with Crippen LogP contribution in [0.25, 0.3) is 10.8 Å². The van der Waals surface area contributed by atoms with Crippen LogP contribution < -0.4 is 10.1 Å². The van der Waals surface area contributed by atoms with E-state index in [0.717, 1.165) is 26.4 Å². The van der Waals surface area contributed by atoms with Crippen molar-refractivity contribution in [2.45, 2.75) is 12.8 Å².